The number of phenols is 1. The molecule has 4 aromatic rings. The van der Waals surface area contributed by atoms with Crippen LogP contribution in [-0.2, 0) is 0 Å². The summed E-state index contributed by atoms with van der Waals surface area (Å²) in [5.74, 6) is 1.45. The first-order valence-corrected chi connectivity index (χ1v) is 10.6. The molecule has 0 amide bonds. The molecule has 3 aromatic heterocycles. The van der Waals surface area contributed by atoms with Gasteiger partial charge in [0.2, 0.25) is 5.95 Å². The van der Waals surface area contributed by atoms with E-state index in [1.807, 2.05) is 19.1 Å². The molecule has 0 saturated carbocycles. The minimum absolute atomic E-state index is 0.158. The summed E-state index contributed by atoms with van der Waals surface area (Å²) in [6.07, 6.45) is 2.84. The minimum atomic E-state index is 0.158. The van der Waals surface area contributed by atoms with Crippen LogP contribution in [-0.4, -0.2) is 50.2 Å². The van der Waals surface area contributed by atoms with Gasteiger partial charge in [-0.2, -0.15) is 0 Å². The Hall–Kier alpha value is -3.26. The summed E-state index contributed by atoms with van der Waals surface area (Å²) in [7, 11) is 0. The van der Waals surface area contributed by atoms with E-state index >= 15 is 0 Å². The van der Waals surface area contributed by atoms with Gasteiger partial charge in [0.15, 0.2) is 11.5 Å². The topological polar surface area (TPSA) is 100 Å². The second-order valence-electron chi connectivity index (χ2n) is 8.50. The van der Waals surface area contributed by atoms with Gasteiger partial charge in [0.1, 0.15) is 16.8 Å². The van der Waals surface area contributed by atoms with Crippen molar-refractivity contribution < 1.29 is 9.52 Å². The number of benzene rings is 1. The van der Waals surface area contributed by atoms with Gasteiger partial charge in [-0.3, -0.25) is 0 Å². The van der Waals surface area contributed by atoms with Gasteiger partial charge in [-0.05, 0) is 31.5 Å². The first kappa shape index (κ1) is 19.7. The van der Waals surface area contributed by atoms with Crippen molar-refractivity contribution in [2.75, 3.05) is 18.0 Å². The summed E-state index contributed by atoms with van der Waals surface area (Å²) in [5.41, 5.74) is 4.69. The molecule has 0 spiro atoms. The van der Waals surface area contributed by atoms with Crippen molar-refractivity contribution >= 4 is 28.1 Å². The molecule has 1 fully saturated rings. The molecular weight excluding hydrogens is 392 g/mol. The monoisotopic (exact) mass is 418 g/mol. The summed E-state index contributed by atoms with van der Waals surface area (Å²) >= 11 is 0. The van der Waals surface area contributed by atoms with Crippen molar-refractivity contribution in [3.8, 4) is 17.0 Å². The molecule has 0 unspecified atom stereocenters. The fourth-order valence-corrected chi connectivity index (χ4v) is 4.28. The van der Waals surface area contributed by atoms with E-state index in [4.69, 9.17) is 14.4 Å². The Bertz CT molecular complexity index is 1280. The Morgan fingerprint density at radius 1 is 1.16 bits per heavy atom. The van der Waals surface area contributed by atoms with E-state index in [-0.39, 0.29) is 5.75 Å². The highest BCUT2D eigenvalue weighted by Crippen LogP contribution is 2.37. The second-order valence-corrected chi connectivity index (χ2v) is 8.50. The number of fused-ring (bicyclic) bond motifs is 2. The molecule has 31 heavy (non-hydrogen) atoms. The lowest BCUT2D eigenvalue weighted by molar-refractivity contribution is 0.473. The number of aromatic hydroxyl groups is 1. The van der Waals surface area contributed by atoms with Gasteiger partial charge in [-0.1, -0.05) is 13.8 Å². The highest BCUT2D eigenvalue weighted by molar-refractivity contribution is 5.89. The third-order valence-electron chi connectivity index (χ3n) is 5.74. The van der Waals surface area contributed by atoms with Crippen LogP contribution in [0.15, 0.2) is 28.8 Å². The van der Waals surface area contributed by atoms with Gasteiger partial charge < -0.3 is 19.7 Å². The van der Waals surface area contributed by atoms with E-state index in [0.717, 1.165) is 31.0 Å². The van der Waals surface area contributed by atoms with Gasteiger partial charge >= 0.3 is 0 Å². The third kappa shape index (κ3) is 3.57. The van der Waals surface area contributed by atoms with E-state index < -0.39 is 0 Å². The van der Waals surface area contributed by atoms with Gasteiger partial charge in [-0.25, -0.2) is 19.9 Å². The number of phenolic OH excluding ortho intramolecular Hbond substituents is 1. The van der Waals surface area contributed by atoms with Crippen LogP contribution in [0.2, 0.25) is 0 Å². The maximum Gasteiger partial charge on any atom is 0.226 e. The van der Waals surface area contributed by atoms with Crippen molar-refractivity contribution in [2.24, 2.45) is 0 Å². The Balaban J connectivity index is 1.47. The van der Waals surface area contributed by atoms with Crippen molar-refractivity contribution in [3.05, 3.63) is 35.9 Å². The molecule has 8 nitrogen and oxygen atoms in total. The number of aryl methyl sites for hydroxylation is 2. The molecule has 8 heteroatoms. The Labute approximate surface area is 180 Å². The molecule has 0 radical (unpaired) electrons. The number of oxazole rings is 1. The zero-order valence-electron chi connectivity index (χ0n) is 18.2. The zero-order chi connectivity index (χ0) is 21.7. The van der Waals surface area contributed by atoms with E-state index in [1.54, 1.807) is 19.2 Å². The lowest BCUT2D eigenvalue weighted by atomic mass is 10.0. The van der Waals surface area contributed by atoms with Crippen LogP contribution in [0.5, 0.6) is 5.75 Å². The summed E-state index contributed by atoms with van der Waals surface area (Å²) in [4.78, 5) is 20.6. The number of hydrogen-bond donors (Lipinski definition) is 2. The van der Waals surface area contributed by atoms with Crippen molar-refractivity contribution in [1.82, 2.24) is 25.3 Å². The molecule has 160 valence electrons. The SMILES string of the molecule is Cc1nc2c(C)c(O)c(-c3ccc4nc(N5CC[C@H](NC(C)C)C5)ncc4n3)cc2o1. The summed E-state index contributed by atoms with van der Waals surface area (Å²) in [6, 6.07) is 6.50. The number of hydrogen-bond acceptors (Lipinski definition) is 8. The van der Waals surface area contributed by atoms with Crippen LogP contribution >= 0.6 is 0 Å². The quantitative estimate of drug-likeness (QED) is 0.517. The summed E-state index contributed by atoms with van der Waals surface area (Å²) in [6.45, 7) is 9.79. The molecule has 1 saturated heterocycles. The maximum absolute atomic E-state index is 10.7. The average Bonchev–Trinajstić information content (AvgIpc) is 3.35. The first-order chi connectivity index (χ1) is 14.9. The van der Waals surface area contributed by atoms with Gasteiger partial charge in [0.05, 0.1) is 17.4 Å². The third-order valence-corrected chi connectivity index (χ3v) is 5.74. The molecule has 1 atom stereocenters. The highest BCUT2D eigenvalue weighted by atomic mass is 16.3. The predicted octanol–water partition coefficient (Wildman–Crippen LogP) is 3.73. The van der Waals surface area contributed by atoms with Crippen LogP contribution in [0, 0.1) is 13.8 Å². The fourth-order valence-electron chi connectivity index (χ4n) is 4.28. The molecule has 1 aliphatic rings. The number of aromatic nitrogens is 4. The molecule has 4 heterocycles. The van der Waals surface area contributed by atoms with Crippen LogP contribution in [0.25, 0.3) is 33.4 Å². The van der Waals surface area contributed by atoms with Gasteiger partial charge in [0.25, 0.3) is 0 Å². The molecule has 2 N–H and O–H groups in total. The van der Waals surface area contributed by atoms with Crippen LogP contribution < -0.4 is 10.2 Å². The smallest absolute Gasteiger partial charge is 0.226 e. The van der Waals surface area contributed by atoms with Gasteiger partial charge in [-0.15, -0.1) is 0 Å². The van der Waals surface area contributed by atoms with E-state index in [0.29, 0.717) is 51.4 Å². The standard InChI is InChI=1S/C23H26N6O2/c1-12(2)25-15-7-8-29(11-15)23-24-10-19-18(28-23)6-5-17(27-19)16-9-20-21(13(3)22(16)30)26-14(4)31-20/h5-6,9-10,12,15,25,30H,7-8,11H2,1-4H3/t15-/m0/s1. The summed E-state index contributed by atoms with van der Waals surface area (Å²) < 4.78 is 5.67. The number of anilines is 1. The number of rotatable bonds is 4. The average molecular weight is 419 g/mol. The number of pyridine rings is 1. The highest BCUT2D eigenvalue weighted by Gasteiger charge is 2.25. The lowest BCUT2D eigenvalue weighted by Gasteiger charge is -2.18. The largest absolute Gasteiger partial charge is 0.507 e. The fraction of sp³-hybridized carbons (Fsp3) is 0.391. The van der Waals surface area contributed by atoms with E-state index in [9.17, 15) is 5.11 Å². The molecule has 1 aliphatic heterocycles. The van der Waals surface area contributed by atoms with Crippen molar-refractivity contribution in [1.29, 1.82) is 0 Å². The summed E-state index contributed by atoms with van der Waals surface area (Å²) in [5, 5.41) is 14.3. The Morgan fingerprint density at radius 2 is 2.00 bits per heavy atom. The lowest BCUT2D eigenvalue weighted by Crippen LogP contribution is -2.37. The van der Waals surface area contributed by atoms with Gasteiger partial charge in [0, 0.05) is 43.2 Å². The minimum Gasteiger partial charge on any atom is -0.507 e. The van der Waals surface area contributed by atoms with Crippen LogP contribution in [0.3, 0.4) is 0 Å². The Kier molecular flexibility index (Phi) is 4.74. The van der Waals surface area contributed by atoms with Crippen LogP contribution in [0.1, 0.15) is 31.7 Å². The molecule has 1 aromatic carbocycles. The Morgan fingerprint density at radius 3 is 2.81 bits per heavy atom. The maximum atomic E-state index is 10.7. The molecule has 0 bridgehead atoms. The van der Waals surface area contributed by atoms with Crippen LogP contribution in [0.4, 0.5) is 5.95 Å². The molecule has 0 aliphatic carbocycles. The van der Waals surface area contributed by atoms with Crippen molar-refractivity contribution in [2.45, 2.75) is 46.2 Å². The number of nitrogens with one attached hydrogen (secondary N) is 1. The van der Waals surface area contributed by atoms with Crippen molar-refractivity contribution in [3.63, 3.8) is 0 Å². The zero-order valence-corrected chi connectivity index (χ0v) is 18.2. The first-order valence-electron chi connectivity index (χ1n) is 10.6. The predicted molar refractivity (Wildman–Crippen MR) is 120 cm³/mol. The van der Waals surface area contributed by atoms with E-state index in [1.165, 1.54) is 0 Å². The second kappa shape index (κ2) is 7.46. The molecular formula is C23H26N6O2. The van der Waals surface area contributed by atoms with E-state index in [2.05, 4.69) is 34.0 Å². The number of nitrogens with zero attached hydrogens (tertiary/aromatic N) is 5. The normalized spacial score (nSPS) is 16.8. The molecule has 5 rings (SSSR count).